The van der Waals surface area contributed by atoms with E-state index in [9.17, 15) is 0 Å². The third-order valence-corrected chi connectivity index (χ3v) is 5.38. The lowest BCUT2D eigenvalue weighted by molar-refractivity contribution is 0.195. The van der Waals surface area contributed by atoms with Crippen molar-refractivity contribution in [3.63, 3.8) is 0 Å². The molecule has 1 aromatic heterocycles. The highest BCUT2D eigenvalue weighted by atomic mass is 16.5. The van der Waals surface area contributed by atoms with E-state index in [2.05, 4.69) is 37.4 Å². The summed E-state index contributed by atoms with van der Waals surface area (Å²) in [5.41, 5.74) is 1.22. The first-order valence-electron chi connectivity index (χ1n) is 10.4. The van der Waals surface area contributed by atoms with Crippen molar-refractivity contribution in [3.8, 4) is 5.75 Å². The summed E-state index contributed by atoms with van der Waals surface area (Å²) in [6.45, 7) is 7.69. The van der Waals surface area contributed by atoms with Gasteiger partial charge in [-0.15, -0.1) is 10.2 Å². The fourth-order valence-electron chi connectivity index (χ4n) is 3.39. The van der Waals surface area contributed by atoms with Crippen molar-refractivity contribution in [3.05, 3.63) is 35.9 Å². The number of guanidine groups is 1. The molecule has 1 aromatic carbocycles. The van der Waals surface area contributed by atoms with Gasteiger partial charge in [-0.1, -0.05) is 0 Å². The molecule has 2 aromatic rings. The number of anilines is 1. The molecule has 0 aliphatic carbocycles. The Morgan fingerprint density at radius 1 is 1.10 bits per heavy atom. The Hall–Kier alpha value is -2.81. The van der Waals surface area contributed by atoms with Crippen molar-refractivity contribution in [2.45, 2.75) is 19.9 Å². The van der Waals surface area contributed by atoms with Crippen LogP contribution in [0, 0.1) is 6.92 Å². The molecule has 0 atom stereocenters. The zero-order valence-electron chi connectivity index (χ0n) is 18.5. The van der Waals surface area contributed by atoms with E-state index in [1.165, 1.54) is 5.69 Å². The lowest BCUT2D eigenvalue weighted by atomic mass is 10.2. The number of methoxy groups -OCH3 is 2. The minimum Gasteiger partial charge on any atom is -0.497 e. The second-order valence-electron chi connectivity index (χ2n) is 7.31. The van der Waals surface area contributed by atoms with Crippen LogP contribution in [0.5, 0.6) is 5.75 Å². The molecular weight excluding hydrogens is 382 g/mol. The van der Waals surface area contributed by atoms with E-state index in [0.29, 0.717) is 6.54 Å². The highest BCUT2D eigenvalue weighted by Crippen LogP contribution is 2.20. The van der Waals surface area contributed by atoms with E-state index < -0.39 is 0 Å². The van der Waals surface area contributed by atoms with Gasteiger partial charge in [-0.05, 0) is 37.6 Å². The average molecular weight is 416 g/mol. The summed E-state index contributed by atoms with van der Waals surface area (Å²) in [4.78, 5) is 9.55. The van der Waals surface area contributed by atoms with E-state index >= 15 is 0 Å². The van der Waals surface area contributed by atoms with Crippen molar-refractivity contribution in [2.75, 3.05) is 58.5 Å². The summed E-state index contributed by atoms with van der Waals surface area (Å²) in [7, 11) is 5.39. The van der Waals surface area contributed by atoms with Gasteiger partial charge >= 0.3 is 0 Å². The van der Waals surface area contributed by atoms with Crippen molar-refractivity contribution in [1.29, 1.82) is 0 Å². The molecule has 164 valence electrons. The summed E-state index contributed by atoms with van der Waals surface area (Å²) < 4.78 is 12.4. The van der Waals surface area contributed by atoms with Crippen LogP contribution in [0.1, 0.15) is 18.1 Å². The van der Waals surface area contributed by atoms with Crippen LogP contribution in [0.25, 0.3) is 0 Å². The number of aliphatic imine (C=N–C) groups is 1. The number of piperazine rings is 1. The molecule has 0 amide bonds. The molecule has 9 nitrogen and oxygen atoms in total. The molecule has 1 aliphatic heterocycles. The number of benzene rings is 1. The molecule has 0 saturated carbocycles. The second-order valence-corrected chi connectivity index (χ2v) is 7.31. The van der Waals surface area contributed by atoms with Crippen LogP contribution in [0.4, 0.5) is 5.69 Å². The van der Waals surface area contributed by atoms with Gasteiger partial charge in [-0.3, -0.25) is 0 Å². The molecule has 1 N–H and O–H groups in total. The van der Waals surface area contributed by atoms with Crippen LogP contribution in [0.3, 0.4) is 0 Å². The zero-order valence-corrected chi connectivity index (χ0v) is 18.5. The van der Waals surface area contributed by atoms with Crippen LogP contribution < -0.4 is 15.0 Å². The lowest BCUT2D eigenvalue weighted by Gasteiger charge is -2.37. The number of rotatable bonds is 8. The summed E-state index contributed by atoms with van der Waals surface area (Å²) in [5, 5.41) is 11.8. The smallest absolute Gasteiger partial charge is 0.194 e. The van der Waals surface area contributed by atoms with Crippen molar-refractivity contribution < 1.29 is 9.47 Å². The van der Waals surface area contributed by atoms with Crippen LogP contribution in [0.2, 0.25) is 0 Å². The van der Waals surface area contributed by atoms with Gasteiger partial charge < -0.3 is 29.2 Å². The Labute approximate surface area is 178 Å². The van der Waals surface area contributed by atoms with Crippen molar-refractivity contribution in [2.24, 2.45) is 12.0 Å². The standard InChI is InChI=1S/C21H33N7O2/c1-17-24-25-20(26(17)2)16-23-21(22-10-5-15-29-3)28-13-11-27(12-14-28)18-6-8-19(30-4)9-7-18/h6-9H,5,10-16H2,1-4H3,(H,22,23). The third-order valence-electron chi connectivity index (χ3n) is 5.38. The maximum Gasteiger partial charge on any atom is 0.194 e. The van der Waals surface area contributed by atoms with Crippen LogP contribution >= 0.6 is 0 Å². The molecule has 9 heteroatoms. The van der Waals surface area contributed by atoms with Crippen molar-refractivity contribution >= 4 is 11.6 Å². The van der Waals surface area contributed by atoms with Gasteiger partial charge in [-0.25, -0.2) is 4.99 Å². The Morgan fingerprint density at radius 2 is 1.83 bits per heavy atom. The molecule has 30 heavy (non-hydrogen) atoms. The lowest BCUT2D eigenvalue weighted by Crippen LogP contribution is -2.52. The SMILES string of the molecule is COCCCNC(=NCc1nnc(C)n1C)N1CCN(c2ccc(OC)cc2)CC1. The molecule has 0 bridgehead atoms. The summed E-state index contributed by atoms with van der Waals surface area (Å²) >= 11 is 0. The van der Waals surface area contributed by atoms with Crippen molar-refractivity contribution in [1.82, 2.24) is 25.0 Å². The van der Waals surface area contributed by atoms with Gasteiger partial charge in [0.15, 0.2) is 11.8 Å². The van der Waals surface area contributed by atoms with Gasteiger partial charge in [0.2, 0.25) is 0 Å². The largest absolute Gasteiger partial charge is 0.497 e. The minimum absolute atomic E-state index is 0.503. The monoisotopic (exact) mass is 415 g/mol. The molecule has 1 saturated heterocycles. The Bertz CT molecular complexity index is 811. The van der Waals surface area contributed by atoms with Gasteiger partial charge in [0.1, 0.15) is 18.1 Å². The Balaban J connectivity index is 1.62. The molecular formula is C21H33N7O2. The van der Waals surface area contributed by atoms with E-state index in [1.54, 1.807) is 14.2 Å². The number of aryl methyl sites for hydroxylation is 1. The maximum absolute atomic E-state index is 5.26. The van der Waals surface area contributed by atoms with Crippen LogP contribution in [0.15, 0.2) is 29.3 Å². The maximum atomic E-state index is 5.26. The summed E-state index contributed by atoms with van der Waals surface area (Å²) in [6, 6.07) is 8.25. The molecule has 0 radical (unpaired) electrons. The predicted molar refractivity (Wildman–Crippen MR) is 118 cm³/mol. The zero-order chi connectivity index (χ0) is 21.3. The van der Waals surface area contributed by atoms with Crippen LogP contribution in [-0.2, 0) is 18.3 Å². The predicted octanol–water partition coefficient (Wildman–Crippen LogP) is 1.44. The summed E-state index contributed by atoms with van der Waals surface area (Å²) in [6.07, 6.45) is 0.935. The fraction of sp³-hybridized carbons (Fsp3) is 0.571. The molecule has 1 aliphatic rings. The van der Waals surface area contributed by atoms with E-state index in [0.717, 1.165) is 69.1 Å². The number of ether oxygens (including phenoxy) is 2. The molecule has 2 heterocycles. The number of hydrogen-bond donors (Lipinski definition) is 1. The molecule has 1 fully saturated rings. The third kappa shape index (κ3) is 5.63. The molecule has 0 spiro atoms. The van der Waals surface area contributed by atoms with Gasteiger partial charge in [0.05, 0.1) is 7.11 Å². The van der Waals surface area contributed by atoms with E-state index in [-0.39, 0.29) is 0 Å². The first kappa shape index (κ1) is 21.9. The van der Waals surface area contributed by atoms with E-state index in [1.807, 2.05) is 30.7 Å². The van der Waals surface area contributed by atoms with E-state index in [4.69, 9.17) is 14.5 Å². The Morgan fingerprint density at radius 3 is 2.43 bits per heavy atom. The number of nitrogens with one attached hydrogen (secondary N) is 1. The topological polar surface area (TPSA) is 80.0 Å². The van der Waals surface area contributed by atoms with Crippen LogP contribution in [-0.4, -0.2) is 79.2 Å². The number of nitrogens with zero attached hydrogens (tertiary/aromatic N) is 6. The summed E-state index contributed by atoms with van der Waals surface area (Å²) in [5.74, 6) is 3.55. The minimum atomic E-state index is 0.503. The number of aromatic nitrogens is 3. The van der Waals surface area contributed by atoms with Gasteiger partial charge in [-0.2, -0.15) is 0 Å². The number of hydrogen-bond acceptors (Lipinski definition) is 6. The quantitative estimate of drug-likeness (QED) is 0.397. The Kier molecular flexibility index (Phi) is 7.89. The van der Waals surface area contributed by atoms with Gasteiger partial charge in [0, 0.05) is 59.2 Å². The molecule has 3 rings (SSSR count). The van der Waals surface area contributed by atoms with Gasteiger partial charge in [0.25, 0.3) is 0 Å². The first-order chi connectivity index (χ1) is 14.6. The first-order valence-corrected chi connectivity index (χ1v) is 10.4. The fourth-order valence-corrected chi connectivity index (χ4v) is 3.39. The average Bonchev–Trinajstić information content (AvgIpc) is 3.11. The second kappa shape index (κ2) is 10.8. The normalized spacial score (nSPS) is 14.9. The molecule has 0 unspecified atom stereocenters. The highest BCUT2D eigenvalue weighted by Gasteiger charge is 2.20. The highest BCUT2D eigenvalue weighted by molar-refractivity contribution is 5.80.